The van der Waals surface area contributed by atoms with Gasteiger partial charge in [-0.15, -0.1) is 0 Å². The van der Waals surface area contributed by atoms with E-state index in [0.29, 0.717) is 6.54 Å². The molecular formula is C14H26N2O2. The Morgan fingerprint density at radius 1 is 1.28 bits per heavy atom. The highest BCUT2D eigenvalue weighted by atomic mass is 16.3. The normalized spacial score (nSPS) is 25.9. The zero-order chi connectivity index (χ0) is 13.0. The van der Waals surface area contributed by atoms with E-state index in [9.17, 15) is 9.90 Å². The summed E-state index contributed by atoms with van der Waals surface area (Å²) in [6, 6.07) is 0. The molecule has 0 spiro atoms. The Morgan fingerprint density at radius 3 is 2.50 bits per heavy atom. The summed E-state index contributed by atoms with van der Waals surface area (Å²) in [7, 11) is 2.10. The fraction of sp³-hybridized carbons (Fsp3) is 0.929. The zero-order valence-electron chi connectivity index (χ0n) is 11.5. The van der Waals surface area contributed by atoms with Crippen LogP contribution in [0.4, 0.5) is 0 Å². The highest BCUT2D eigenvalue weighted by molar-refractivity contribution is 5.78. The van der Waals surface area contributed by atoms with E-state index in [4.69, 9.17) is 0 Å². The summed E-state index contributed by atoms with van der Waals surface area (Å²) in [5.41, 5.74) is -0.640. The van der Waals surface area contributed by atoms with Gasteiger partial charge in [-0.1, -0.05) is 19.3 Å². The minimum atomic E-state index is -0.640. The van der Waals surface area contributed by atoms with Crippen LogP contribution in [0, 0.1) is 5.92 Å². The van der Waals surface area contributed by atoms with E-state index in [1.54, 1.807) is 0 Å². The van der Waals surface area contributed by atoms with Crippen LogP contribution in [0.2, 0.25) is 0 Å². The maximum absolute atomic E-state index is 12.0. The molecule has 2 fully saturated rings. The molecule has 1 aliphatic heterocycles. The lowest BCUT2D eigenvalue weighted by atomic mass is 9.84. The molecular weight excluding hydrogens is 228 g/mol. The fourth-order valence-corrected chi connectivity index (χ4v) is 3.05. The predicted molar refractivity (Wildman–Crippen MR) is 71.3 cm³/mol. The summed E-state index contributed by atoms with van der Waals surface area (Å²) >= 11 is 0. The van der Waals surface area contributed by atoms with Gasteiger partial charge < -0.3 is 15.3 Å². The number of hydrogen-bond acceptors (Lipinski definition) is 3. The molecule has 1 saturated carbocycles. The number of nitrogens with zero attached hydrogens (tertiary/aromatic N) is 1. The number of likely N-dealkylation sites (tertiary alicyclic amines) is 1. The fourth-order valence-electron chi connectivity index (χ4n) is 3.05. The van der Waals surface area contributed by atoms with E-state index < -0.39 is 5.60 Å². The van der Waals surface area contributed by atoms with E-state index >= 15 is 0 Å². The van der Waals surface area contributed by atoms with Crippen LogP contribution in [-0.4, -0.2) is 48.2 Å². The Kier molecular flexibility index (Phi) is 4.62. The Labute approximate surface area is 110 Å². The van der Waals surface area contributed by atoms with Crippen LogP contribution in [0.3, 0.4) is 0 Å². The number of piperidine rings is 1. The molecule has 0 aromatic rings. The topological polar surface area (TPSA) is 52.6 Å². The van der Waals surface area contributed by atoms with Crippen molar-refractivity contribution < 1.29 is 9.90 Å². The summed E-state index contributed by atoms with van der Waals surface area (Å²) in [6.07, 6.45) is 6.94. The Bertz CT molecular complexity index is 280. The summed E-state index contributed by atoms with van der Waals surface area (Å²) in [6.45, 7) is 2.45. The van der Waals surface area contributed by atoms with Crippen molar-refractivity contribution in [2.24, 2.45) is 5.92 Å². The van der Waals surface area contributed by atoms with E-state index in [-0.39, 0.29) is 11.8 Å². The lowest BCUT2D eigenvalue weighted by Gasteiger charge is -2.33. The number of nitrogens with one attached hydrogen (secondary N) is 1. The second kappa shape index (κ2) is 6.02. The molecule has 0 unspecified atom stereocenters. The van der Waals surface area contributed by atoms with Gasteiger partial charge in [0.1, 0.15) is 0 Å². The molecule has 1 amide bonds. The first-order chi connectivity index (χ1) is 8.59. The average Bonchev–Trinajstić information content (AvgIpc) is 2.38. The van der Waals surface area contributed by atoms with Crippen LogP contribution in [0.1, 0.15) is 44.9 Å². The minimum Gasteiger partial charge on any atom is -0.388 e. The number of carbonyl (C=O) groups excluding carboxylic acids is 1. The molecule has 104 valence electrons. The van der Waals surface area contributed by atoms with E-state index in [2.05, 4.69) is 17.3 Å². The Balaban J connectivity index is 1.74. The van der Waals surface area contributed by atoms with Gasteiger partial charge in [-0.2, -0.15) is 0 Å². The summed E-state index contributed by atoms with van der Waals surface area (Å²) in [5.74, 6) is 0.287. The van der Waals surface area contributed by atoms with Crippen LogP contribution in [0.15, 0.2) is 0 Å². The van der Waals surface area contributed by atoms with Gasteiger partial charge in [0.2, 0.25) is 5.91 Å². The maximum Gasteiger partial charge on any atom is 0.223 e. The molecule has 1 saturated heterocycles. The first kappa shape index (κ1) is 13.8. The minimum absolute atomic E-state index is 0.141. The summed E-state index contributed by atoms with van der Waals surface area (Å²) in [5, 5.41) is 13.3. The van der Waals surface area contributed by atoms with Gasteiger partial charge in [0.25, 0.3) is 0 Å². The highest BCUT2D eigenvalue weighted by Gasteiger charge is 2.31. The molecule has 2 rings (SSSR count). The first-order valence-corrected chi connectivity index (χ1v) is 7.28. The maximum atomic E-state index is 12.0. The van der Waals surface area contributed by atoms with Gasteiger partial charge in [-0.3, -0.25) is 4.79 Å². The predicted octanol–water partition coefficient (Wildman–Crippen LogP) is 1.14. The monoisotopic (exact) mass is 254 g/mol. The smallest absolute Gasteiger partial charge is 0.223 e. The Hall–Kier alpha value is -0.610. The number of amides is 1. The molecule has 1 heterocycles. The highest BCUT2D eigenvalue weighted by Crippen LogP contribution is 2.27. The van der Waals surface area contributed by atoms with Crippen LogP contribution in [0.5, 0.6) is 0 Å². The molecule has 1 aliphatic carbocycles. The van der Waals surface area contributed by atoms with Gasteiger partial charge >= 0.3 is 0 Å². The van der Waals surface area contributed by atoms with Crippen LogP contribution < -0.4 is 5.32 Å². The molecule has 0 aromatic carbocycles. The van der Waals surface area contributed by atoms with Crippen LogP contribution in [-0.2, 0) is 4.79 Å². The van der Waals surface area contributed by atoms with Gasteiger partial charge in [0, 0.05) is 12.5 Å². The SMILES string of the molecule is CN1CCC(C(=O)NCC2(O)CCCCC2)CC1. The summed E-state index contributed by atoms with van der Waals surface area (Å²) in [4.78, 5) is 14.3. The standard InChI is InChI=1S/C14H26N2O2/c1-16-9-5-12(6-10-16)13(17)15-11-14(18)7-3-2-4-8-14/h12,18H,2-11H2,1H3,(H,15,17). The largest absolute Gasteiger partial charge is 0.388 e. The van der Waals surface area contributed by atoms with Crippen LogP contribution >= 0.6 is 0 Å². The van der Waals surface area contributed by atoms with Crippen molar-refractivity contribution in [2.45, 2.75) is 50.5 Å². The van der Waals surface area contributed by atoms with Crippen molar-refractivity contribution >= 4 is 5.91 Å². The second-order valence-corrected chi connectivity index (χ2v) is 6.08. The third kappa shape index (κ3) is 3.69. The van der Waals surface area contributed by atoms with Gasteiger partial charge in [0.15, 0.2) is 0 Å². The third-order valence-electron chi connectivity index (χ3n) is 4.47. The molecule has 18 heavy (non-hydrogen) atoms. The number of rotatable bonds is 3. The zero-order valence-corrected chi connectivity index (χ0v) is 11.5. The summed E-state index contributed by atoms with van der Waals surface area (Å²) < 4.78 is 0. The molecule has 0 aromatic heterocycles. The first-order valence-electron chi connectivity index (χ1n) is 7.28. The number of carbonyl (C=O) groups is 1. The van der Waals surface area contributed by atoms with Crippen LogP contribution in [0.25, 0.3) is 0 Å². The average molecular weight is 254 g/mol. The van der Waals surface area contributed by atoms with Crippen molar-refractivity contribution in [3.8, 4) is 0 Å². The van der Waals surface area contributed by atoms with Crippen molar-refractivity contribution in [3.05, 3.63) is 0 Å². The molecule has 0 bridgehead atoms. The number of aliphatic hydroxyl groups is 1. The van der Waals surface area contributed by atoms with E-state index in [0.717, 1.165) is 51.6 Å². The third-order valence-corrected chi connectivity index (χ3v) is 4.47. The van der Waals surface area contributed by atoms with E-state index in [1.807, 2.05) is 0 Å². The molecule has 2 aliphatic rings. The van der Waals surface area contributed by atoms with Gasteiger partial charge in [-0.25, -0.2) is 0 Å². The lowest BCUT2D eigenvalue weighted by molar-refractivity contribution is -0.128. The van der Waals surface area contributed by atoms with Crippen molar-refractivity contribution in [3.63, 3.8) is 0 Å². The molecule has 0 radical (unpaired) electrons. The van der Waals surface area contributed by atoms with Crippen molar-refractivity contribution in [1.82, 2.24) is 10.2 Å². The van der Waals surface area contributed by atoms with Crippen molar-refractivity contribution in [2.75, 3.05) is 26.7 Å². The van der Waals surface area contributed by atoms with Crippen molar-refractivity contribution in [1.29, 1.82) is 0 Å². The molecule has 4 heteroatoms. The van der Waals surface area contributed by atoms with Gasteiger partial charge in [-0.05, 0) is 45.8 Å². The molecule has 2 N–H and O–H groups in total. The second-order valence-electron chi connectivity index (χ2n) is 6.08. The lowest BCUT2D eigenvalue weighted by Crippen LogP contribution is -2.47. The Morgan fingerprint density at radius 2 is 1.89 bits per heavy atom. The van der Waals surface area contributed by atoms with E-state index in [1.165, 1.54) is 6.42 Å². The molecule has 4 nitrogen and oxygen atoms in total. The number of hydrogen-bond donors (Lipinski definition) is 2. The van der Waals surface area contributed by atoms with Gasteiger partial charge in [0.05, 0.1) is 5.60 Å². The molecule has 0 atom stereocenters. The quantitative estimate of drug-likeness (QED) is 0.794.